The molecular formula is C11H13N3. The summed E-state index contributed by atoms with van der Waals surface area (Å²) in [6, 6.07) is 4.37. The van der Waals surface area contributed by atoms with Crippen molar-refractivity contribution in [3.8, 4) is 6.07 Å². The van der Waals surface area contributed by atoms with Crippen LogP contribution < -0.4 is 0 Å². The highest BCUT2D eigenvalue weighted by Gasteiger charge is 2.37. The SMILES string of the molecule is Cc1cc(C2(C#N)CCCC2)ncn1. The molecule has 72 valence electrons. The van der Waals surface area contributed by atoms with Crippen LogP contribution >= 0.6 is 0 Å². The number of rotatable bonds is 1. The second-order valence-electron chi connectivity index (χ2n) is 3.95. The first-order valence-electron chi connectivity index (χ1n) is 4.97. The molecule has 1 saturated carbocycles. The molecule has 1 aliphatic rings. The molecule has 0 aromatic carbocycles. The van der Waals surface area contributed by atoms with E-state index in [9.17, 15) is 5.26 Å². The molecule has 0 radical (unpaired) electrons. The maximum atomic E-state index is 9.25. The standard InChI is InChI=1S/C11H13N3/c1-9-6-10(14-8-13-9)11(7-12)4-2-3-5-11/h6,8H,2-5H2,1H3. The van der Waals surface area contributed by atoms with E-state index >= 15 is 0 Å². The Kier molecular flexibility index (Phi) is 2.20. The normalized spacial score (nSPS) is 19.1. The van der Waals surface area contributed by atoms with Gasteiger partial charge in [0.25, 0.3) is 0 Å². The van der Waals surface area contributed by atoms with Crippen molar-refractivity contribution in [2.75, 3.05) is 0 Å². The first-order valence-corrected chi connectivity index (χ1v) is 4.97. The minimum absolute atomic E-state index is 0.326. The van der Waals surface area contributed by atoms with E-state index in [1.54, 1.807) is 6.33 Å². The maximum absolute atomic E-state index is 9.25. The zero-order valence-electron chi connectivity index (χ0n) is 8.32. The van der Waals surface area contributed by atoms with Crippen LogP contribution in [0.4, 0.5) is 0 Å². The Bertz CT molecular complexity index is 372. The molecule has 14 heavy (non-hydrogen) atoms. The van der Waals surface area contributed by atoms with Crippen molar-refractivity contribution in [1.82, 2.24) is 9.97 Å². The van der Waals surface area contributed by atoms with E-state index in [1.807, 2.05) is 13.0 Å². The molecule has 3 nitrogen and oxygen atoms in total. The van der Waals surface area contributed by atoms with Crippen LogP contribution in [0.15, 0.2) is 12.4 Å². The van der Waals surface area contributed by atoms with Gasteiger partial charge in [0.15, 0.2) is 0 Å². The Morgan fingerprint density at radius 3 is 2.64 bits per heavy atom. The van der Waals surface area contributed by atoms with Crippen LogP contribution in [0.25, 0.3) is 0 Å². The van der Waals surface area contributed by atoms with Gasteiger partial charge in [0, 0.05) is 5.69 Å². The van der Waals surface area contributed by atoms with Gasteiger partial charge in [-0.05, 0) is 25.8 Å². The maximum Gasteiger partial charge on any atom is 0.115 e. The molecule has 2 rings (SSSR count). The van der Waals surface area contributed by atoms with Gasteiger partial charge in [-0.1, -0.05) is 12.8 Å². The first kappa shape index (κ1) is 9.14. The van der Waals surface area contributed by atoms with Gasteiger partial charge in [-0.3, -0.25) is 0 Å². The Morgan fingerprint density at radius 1 is 1.36 bits per heavy atom. The lowest BCUT2D eigenvalue weighted by Gasteiger charge is -2.18. The van der Waals surface area contributed by atoms with Crippen LogP contribution in [-0.2, 0) is 5.41 Å². The average molecular weight is 187 g/mol. The summed E-state index contributed by atoms with van der Waals surface area (Å²) in [5.41, 5.74) is 1.52. The minimum Gasteiger partial charge on any atom is -0.242 e. The lowest BCUT2D eigenvalue weighted by atomic mass is 9.84. The van der Waals surface area contributed by atoms with E-state index in [-0.39, 0.29) is 5.41 Å². The number of nitrogens with zero attached hydrogens (tertiary/aromatic N) is 3. The summed E-state index contributed by atoms with van der Waals surface area (Å²) in [7, 11) is 0. The number of aryl methyl sites for hydroxylation is 1. The lowest BCUT2D eigenvalue weighted by molar-refractivity contribution is 0.551. The smallest absolute Gasteiger partial charge is 0.115 e. The summed E-state index contributed by atoms with van der Waals surface area (Å²) in [6.07, 6.45) is 5.72. The number of nitriles is 1. The molecule has 1 aromatic rings. The van der Waals surface area contributed by atoms with Crippen molar-refractivity contribution >= 4 is 0 Å². The predicted octanol–water partition coefficient (Wildman–Crippen LogP) is 2.12. The van der Waals surface area contributed by atoms with Crippen LogP contribution in [0.1, 0.15) is 37.1 Å². The Labute approximate surface area is 83.8 Å². The molecule has 1 aliphatic carbocycles. The van der Waals surface area contributed by atoms with E-state index in [0.717, 1.165) is 37.1 Å². The van der Waals surface area contributed by atoms with Gasteiger partial charge in [-0.25, -0.2) is 9.97 Å². The van der Waals surface area contributed by atoms with Crippen LogP contribution in [0.3, 0.4) is 0 Å². The topological polar surface area (TPSA) is 49.6 Å². The van der Waals surface area contributed by atoms with Gasteiger partial charge < -0.3 is 0 Å². The van der Waals surface area contributed by atoms with E-state index in [4.69, 9.17) is 0 Å². The average Bonchev–Trinajstić information content (AvgIpc) is 2.67. The van der Waals surface area contributed by atoms with Crippen molar-refractivity contribution in [3.05, 3.63) is 23.8 Å². The zero-order chi connectivity index (χ0) is 10.0. The summed E-state index contributed by atoms with van der Waals surface area (Å²) in [5.74, 6) is 0. The van der Waals surface area contributed by atoms with Crippen LogP contribution in [-0.4, -0.2) is 9.97 Å². The van der Waals surface area contributed by atoms with Crippen LogP contribution in [0, 0.1) is 18.3 Å². The third-order valence-electron chi connectivity index (χ3n) is 2.97. The molecule has 1 fully saturated rings. The van der Waals surface area contributed by atoms with Crippen LogP contribution in [0.2, 0.25) is 0 Å². The highest BCUT2D eigenvalue weighted by Crippen LogP contribution is 2.39. The van der Waals surface area contributed by atoms with Gasteiger partial charge in [0.1, 0.15) is 6.33 Å². The highest BCUT2D eigenvalue weighted by molar-refractivity contribution is 5.28. The highest BCUT2D eigenvalue weighted by atomic mass is 14.8. The molecule has 0 bridgehead atoms. The Balaban J connectivity index is 2.42. The molecule has 0 unspecified atom stereocenters. The first-order chi connectivity index (χ1) is 6.77. The molecule has 0 atom stereocenters. The summed E-state index contributed by atoms with van der Waals surface area (Å²) >= 11 is 0. The molecule has 0 amide bonds. The molecule has 3 heteroatoms. The van der Waals surface area contributed by atoms with Gasteiger partial charge in [0.05, 0.1) is 17.2 Å². The van der Waals surface area contributed by atoms with Gasteiger partial charge in [0.2, 0.25) is 0 Å². The summed E-state index contributed by atoms with van der Waals surface area (Å²) in [4.78, 5) is 8.29. The predicted molar refractivity (Wildman–Crippen MR) is 52.5 cm³/mol. The van der Waals surface area contributed by atoms with Crippen molar-refractivity contribution in [1.29, 1.82) is 5.26 Å². The lowest BCUT2D eigenvalue weighted by Crippen LogP contribution is -2.21. The van der Waals surface area contributed by atoms with Gasteiger partial charge in [-0.2, -0.15) is 5.26 Å². The third-order valence-corrected chi connectivity index (χ3v) is 2.97. The summed E-state index contributed by atoms with van der Waals surface area (Å²) in [5, 5.41) is 9.25. The van der Waals surface area contributed by atoms with E-state index in [2.05, 4.69) is 16.0 Å². The van der Waals surface area contributed by atoms with Crippen LogP contribution in [0.5, 0.6) is 0 Å². The van der Waals surface area contributed by atoms with Crippen molar-refractivity contribution in [2.24, 2.45) is 0 Å². The molecule has 0 N–H and O–H groups in total. The quantitative estimate of drug-likeness (QED) is 0.676. The fourth-order valence-corrected chi connectivity index (χ4v) is 2.12. The van der Waals surface area contributed by atoms with Gasteiger partial charge >= 0.3 is 0 Å². The summed E-state index contributed by atoms with van der Waals surface area (Å²) in [6.45, 7) is 1.94. The van der Waals surface area contributed by atoms with E-state index < -0.39 is 0 Å². The molecule has 1 heterocycles. The number of hydrogen-bond acceptors (Lipinski definition) is 3. The minimum atomic E-state index is -0.326. The van der Waals surface area contributed by atoms with Crippen molar-refractivity contribution < 1.29 is 0 Å². The third kappa shape index (κ3) is 1.37. The van der Waals surface area contributed by atoms with E-state index in [1.165, 1.54) is 0 Å². The number of aromatic nitrogens is 2. The molecule has 0 saturated heterocycles. The molecule has 0 aliphatic heterocycles. The molecular weight excluding hydrogens is 174 g/mol. The Hall–Kier alpha value is -1.43. The fourth-order valence-electron chi connectivity index (χ4n) is 2.12. The number of hydrogen-bond donors (Lipinski definition) is 0. The van der Waals surface area contributed by atoms with Crippen molar-refractivity contribution in [3.63, 3.8) is 0 Å². The second kappa shape index (κ2) is 3.38. The largest absolute Gasteiger partial charge is 0.242 e. The Morgan fingerprint density at radius 2 is 2.07 bits per heavy atom. The monoisotopic (exact) mass is 187 g/mol. The molecule has 0 spiro atoms. The van der Waals surface area contributed by atoms with Gasteiger partial charge in [-0.15, -0.1) is 0 Å². The fraction of sp³-hybridized carbons (Fsp3) is 0.545. The summed E-state index contributed by atoms with van der Waals surface area (Å²) < 4.78 is 0. The van der Waals surface area contributed by atoms with E-state index in [0.29, 0.717) is 0 Å². The second-order valence-corrected chi connectivity index (χ2v) is 3.95. The molecule has 1 aromatic heterocycles. The van der Waals surface area contributed by atoms with Crippen molar-refractivity contribution in [2.45, 2.75) is 38.0 Å². The zero-order valence-corrected chi connectivity index (χ0v) is 8.32.